The van der Waals surface area contributed by atoms with Crippen molar-refractivity contribution < 1.29 is 14.8 Å². The Labute approximate surface area is 412 Å². The number of benzene rings is 5. The summed E-state index contributed by atoms with van der Waals surface area (Å²) < 4.78 is 0. The topological polar surface area (TPSA) is 243 Å². The van der Waals surface area contributed by atoms with Gasteiger partial charge in [0, 0.05) is 53.8 Å². The zero-order chi connectivity index (χ0) is 47.9. The van der Waals surface area contributed by atoms with E-state index in [1.165, 1.54) is 78.4 Å². The van der Waals surface area contributed by atoms with E-state index in [2.05, 4.69) is 61.9 Å². The lowest BCUT2D eigenvalue weighted by Crippen LogP contribution is -2.23. The van der Waals surface area contributed by atoms with Gasteiger partial charge in [-0.25, -0.2) is 29.9 Å². The number of hydrogen-bond acceptors (Lipinski definition) is 15. The third kappa shape index (κ3) is 13.2. The molecule has 8 aromatic rings. The smallest absolute Gasteiger partial charge is 0.271 e. The monoisotopic (exact) mass is 994 g/mol. The fourth-order valence-electron chi connectivity index (χ4n) is 7.02. The van der Waals surface area contributed by atoms with Crippen molar-refractivity contribution in [2.24, 2.45) is 0 Å². The highest BCUT2D eigenvalue weighted by Crippen LogP contribution is 2.32. The lowest BCUT2D eigenvalue weighted by Gasteiger charge is -2.24. The van der Waals surface area contributed by atoms with Crippen molar-refractivity contribution in [1.82, 2.24) is 29.9 Å². The Morgan fingerprint density at radius 1 is 0.449 bits per heavy atom. The standard InChI is InChI=1S/C22H25N5O2.C16H13ClN4O2.C8H3Cl2N3O2.2CH4/c1-14-8-9-17(12-15(14)2)24-22-21(23-16-6-4-3-5-7-16)26-20-13-18(27(28)29)10-11-19(20)25-22;1-9-3-4-11(7-10(9)2)18-16-15(17)19-14-8-12(21(22)23)5-6-13(14)20-16;9-7-8(10)12-6-3-4(13(14)15)1-2-5(6)11-7;;/h8-13,16H,3-7H2,1-2H3,(H,23,26)(H,24,25);3-8H,1-2H3,(H,18,20);1-3H;2*1H4. The highest BCUT2D eigenvalue weighted by molar-refractivity contribution is 6.40. The molecule has 5 aromatic carbocycles. The lowest BCUT2D eigenvalue weighted by molar-refractivity contribution is -0.384. The number of nitro benzene ring substituents is 3. The van der Waals surface area contributed by atoms with Crippen LogP contribution in [0.25, 0.3) is 33.1 Å². The molecule has 0 unspecified atom stereocenters. The van der Waals surface area contributed by atoms with Crippen molar-refractivity contribution in [3.8, 4) is 0 Å². The second-order valence-electron chi connectivity index (χ2n) is 15.7. The third-order valence-electron chi connectivity index (χ3n) is 10.9. The van der Waals surface area contributed by atoms with E-state index in [4.69, 9.17) is 44.8 Å². The summed E-state index contributed by atoms with van der Waals surface area (Å²) in [5, 5.41) is 42.8. The number of nitrogens with zero attached hydrogens (tertiary/aromatic N) is 9. The predicted molar refractivity (Wildman–Crippen MR) is 276 cm³/mol. The van der Waals surface area contributed by atoms with Gasteiger partial charge in [0.1, 0.15) is 0 Å². The van der Waals surface area contributed by atoms with Crippen LogP contribution in [0, 0.1) is 58.0 Å². The van der Waals surface area contributed by atoms with Crippen molar-refractivity contribution in [2.45, 2.75) is 80.7 Å². The molecular formula is C48H49Cl3N12O6. The molecule has 0 bridgehead atoms. The molecule has 9 rings (SSSR count). The van der Waals surface area contributed by atoms with E-state index < -0.39 is 14.8 Å². The normalized spacial score (nSPS) is 12.0. The molecule has 358 valence electrons. The summed E-state index contributed by atoms with van der Waals surface area (Å²) in [5.41, 5.74) is 9.34. The Bertz CT molecular complexity index is 3210. The first-order valence-corrected chi connectivity index (χ1v) is 21.9. The van der Waals surface area contributed by atoms with Crippen LogP contribution >= 0.6 is 34.8 Å². The zero-order valence-corrected chi connectivity index (χ0v) is 38.6. The van der Waals surface area contributed by atoms with E-state index >= 15 is 0 Å². The second-order valence-corrected chi connectivity index (χ2v) is 16.8. The zero-order valence-electron chi connectivity index (χ0n) is 36.4. The van der Waals surface area contributed by atoms with Gasteiger partial charge in [-0.05, 0) is 105 Å². The molecule has 3 heterocycles. The first kappa shape index (κ1) is 52.6. The first-order chi connectivity index (χ1) is 32.0. The first-order valence-electron chi connectivity index (χ1n) is 20.8. The summed E-state index contributed by atoms with van der Waals surface area (Å²) >= 11 is 17.4. The fraction of sp³-hybridized carbons (Fsp3) is 0.250. The Kier molecular flexibility index (Phi) is 17.6. The van der Waals surface area contributed by atoms with Crippen molar-refractivity contribution in [1.29, 1.82) is 0 Å². The second kappa shape index (κ2) is 23.1. The van der Waals surface area contributed by atoms with Gasteiger partial charge in [0.2, 0.25) is 0 Å². The molecular weight excluding hydrogens is 947 g/mol. The van der Waals surface area contributed by atoms with Gasteiger partial charge in [0.15, 0.2) is 32.9 Å². The highest BCUT2D eigenvalue weighted by Gasteiger charge is 2.19. The van der Waals surface area contributed by atoms with E-state index in [1.54, 1.807) is 12.1 Å². The summed E-state index contributed by atoms with van der Waals surface area (Å²) in [5.74, 6) is 1.69. The Morgan fingerprint density at radius 2 is 0.826 bits per heavy atom. The predicted octanol–water partition coefficient (Wildman–Crippen LogP) is 14.3. The van der Waals surface area contributed by atoms with E-state index in [0.717, 1.165) is 29.8 Å². The molecule has 21 heteroatoms. The number of aromatic nitrogens is 6. The van der Waals surface area contributed by atoms with Crippen molar-refractivity contribution >= 4 is 114 Å². The number of rotatable bonds is 9. The molecule has 0 aliphatic heterocycles. The van der Waals surface area contributed by atoms with Crippen LogP contribution < -0.4 is 16.0 Å². The number of nitrogens with one attached hydrogen (secondary N) is 3. The average Bonchev–Trinajstić information content (AvgIpc) is 3.30. The fourth-order valence-corrected chi connectivity index (χ4v) is 7.47. The molecule has 1 saturated carbocycles. The van der Waals surface area contributed by atoms with Crippen LogP contribution in [-0.2, 0) is 0 Å². The highest BCUT2D eigenvalue weighted by atomic mass is 35.5. The van der Waals surface area contributed by atoms with E-state index in [-0.39, 0.29) is 47.4 Å². The molecule has 0 radical (unpaired) electrons. The SMILES string of the molecule is C.C.Cc1ccc(Nc2nc3ccc([N+](=O)[O-])cc3nc2Cl)cc1C.Cc1ccc(Nc2nc3ccc([N+](=O)[O-])cc3nc2NC2CCCCC2)cc1C.O=[N+]([O-])c1ccc2nc(Cl)c(Cl)nc2c1. The maximum absolute atomic E-state index is 11.1. The number of hydrogen-bond donors (Lipinski definition) is 3. The molecule has 1 aliphatic carbocycles. The molecule has 0 saturated heterocycles. The van der Waals surface area contributed by atoms with Gasteiger partial charge < -0.3 is 16.0 Å². The molecule has 1 fully saturated rings. The molecule has 0 spiro atoms. The maximum atomic E-state index is 11.1. The molecule has 69 heavy (non-hydrogen) atoms. The number of halogens is 3. The van der Waals surface area contributed by atoms with Gasteiger partial charge >= 0.3 is 0 Å². The summed E-state index contributed by atoms with van der Waals surface area (Å²) in [6.07, 6.45) is 5.85. The van der Waals surface area contributed by atoms with Crippen LogP contribution in [0.1, 0.15) is 69.2 Å². The molecule has 0 amide bonds. The van der Waals surface area contributed by atoms with E-state index in [9.17, 15) is 30.3 Å². The third-order valence-corrected chi connectivity index (χ3v) is 11.8. The van der Waals surface area contributed by atoms with Gasteiger partial charge in [-0.3, -0.25) is 30.3 Å². The summed E-state index contributed by atoms with van der Waals surface area (Å²) in [6, 6.07) is 25.5. The van der Waals surface area contributed by atoms with Crippen LogP contribution in [0.5, 0.6) is 0 Å². The van der Waals surface area contributed by atoms with Crippen LogP contribution in [0.2, 0.25) is 15.5 Å². The minimum atomic E-state index is -0.510. The van der Waals surface area contributed by atoms with Crippen molar-refractivity contribution in [3.63, 3.8) is 0 Å². The minimum Gasteiger partial charge on any atom is -0.364 e. The van der Waals surface area contributed by atoms with Gasteiger partial charge in [0.05, 0.1) is 47.9 Å². The summed E-state index contributed by atoms with van der Waals surface area (Å²) in [7, 11) is 0. The molecule has 3 aromatic heterocycles. The van der Waals surface area contributed by atoms with Crippen LogP contribution in [0.15, 0.2) is 91.0 Å². The Morgan fingerprint density at radius 3 is 1.28 bits per heavy atom. The van der Waals surface area contributed by atoms with Gasteiger partial charge in [-0.1, -0.05) is 81.1 Å². The summed E-state index contributed by atoms with van der Waals surface area (Å²) in [6.45, 7) is 8.22. The number of anilines is 5. The minimum absolute atomic E-state index is 0. The Balaban J connectivity index is 0.000000200. The molecule has 1 aliphatic rings. The van der Waals surface area contributed by atoms with Gasteiger partial charge in [-0.2, -0.15) is 0 Å². The number of aryl methyl sites for hydroxylation is 4. The maximum Gasteiger partial charge on any atom is 0.271 e. The molecule has 0 atom stereocenters. The Hall–Kier alpha value is -7.41. The summed E-state index contributed by atoms with van der Waals surface area (Å²) in [4.78, 5) is 56.9. The van der Waals surface area contributed by atoms with Crippen molar-refractivity contribution in [2.75, 3.05) is 16.0 Å². The van der Waals surface area contributed by atoms with Crippen LogP contribution in [-0.4, -0.2) is 50.7 Å². The van der Waals surface area contributed by atoms with Crippen molar-refractivity contribution in [3.05, 3.63) is 159 Å². The number of nitro groups is 3. The van der Waals surface area contributed by atoms with Crippen LogP contribution in [0.3, 0.4) is 0 Å². The quantitative estimate of drug-likeness (QED) is 0.0899. The molecule has 3 N–H and O–H groups in total. The van der Waals surface area contributed by atoms with E-state index in [0.29, 0.717) is 56.6 Å². The number of non-ortho nitro benzene ring substituents is 3. The lowest BCUT2D eigenvalue weighted by atomic mass is 9.95. The number of fused-ring (bicyclic) bond motifs is 3. The van der Waals surface area contributed by atoms with Gasteiger partial charge in [-0.15, -0.1) is 0 Å². The average molecular weight is 996 g/mol. The van der Waals surface area contributed by atoms with Crippen LogP contribution in [0.4, 0.5) is 45.9 Å². The van der Waals surface area contributed by atoms with E-state index in [1.807, 2.05) is 38.1 Å². The molecule has 18 nitrogen and oxygen atoms in total. The largest absolute Gasteiger partial charge is 0.364 e. The van der Waals surface area contributed by atoms with Gasteiger partial charge in [0.25, 0.3) is 17.1 Å².